The molecule has 5 rings (SSSR count). The average Bonchev–Trinajstić information content (AvgIpc) is 3.31. The van der Waals surface area contributed by atoms with Crippen molar-refractivity contribution in [2.75, 3.05) is 18.0 Å². The van der Waals surface area contributed by atoms with E-state index in [-0.39, 0.29) is 23.7 Å². The molecule has 1 aliphatic heterocycles. The maximum Gasteiger partial charge on any atom is 0.393 e. The van der Waals surface area contributed by atoms with Crippen LogP contribution in [0.15, 0.2) is 42.7 Å². The molecule has 2 aliphatic rings. The van der Waals surface area contributed by atoms with E-state index in [9.17, 15) is 18.0 Å². The van der Waals surface area contributed by atoms with Gasteiger partial charge < -0.3 is 10.2 Å². The van der Waals surface area contributed by atoms with Crippen LogP contribution >= 0.6 is 11.3 Å². The van der Waals surface area contributed by atoms with E-state index in [2.05, 4.69) is 20.2 Å². The van der Waals surface area contributed by atoms with Gasteiger partial charge in [0.2, 0.25) is 0 Å². The lowest BCUT2D eigenvalue weighted by molar-refractivity contribution is -0.126. The van der Waals surface area contributed by atoms with E-state index in [0.717, 1.165) is 43.7 Å². The third kappa shape index (κ3) is 4.11. The summed E-state index contributed by atoms with van der Waals surface area (Å²) in [5.74, 6) is 0.659. The third-order valence-electron chi connectivity index (χ3n) is 6.20. The summed E-state index contributed by atoms with van der Waals surface area (Å²) in [4.78, 5) is 23.9. The number of halogens is 3. The molecule has 0 unspecified atom stereocenters. The molecule has 9 heteroatoms. The van der Waals surface area contributed by atoms with Gasteiger partial charge in [0.1, 0.15) is 17.0 Å². The summed E-state index contributed by atoms with van der Waals surface area (Å²) in [7, 11) is 0. The Labute approximate surface area is 182 Å². The summed E-state index contributed by atoms with van der Waals surface area (Å²) in [6.07, 6.45) is -0.966. The molecule has 3 heterocycles. The zero-order valence-electron chi connectivity index (χ0n) is 16.7. The lowest BCUT2D eigenvalue weighted by Crippen LogP contribution is -2.52. The Hall–Kier alpha value is -2.68. The molecule has 1 saturated heterocycles. The number of anilines is 1. The lowest BCUT2D eigenvalue weighted by Gasteiger charge is -2.45. The molecular weight excluding hydrogens is 425 g/mol. The number of rotatable bonds is 4. The highest BCUT2D eigenvalue weighted by Gasteiger charge is 2.49. The molecule has 0 radical (unpaired) electrons. The molecule has 3 aromatic rings. The van der Waals surface area contributed by atoms with E-state index >= 15 is 0 Å². The van der Waals surface area contributed by atoms with E-state index in [1.54, 1.807) is 18.2 Å². The van der Waals surface area contributed by atoms with E-state index in [1.807, 2.05) is 18.2 Å². The molecule has 1 aromatic carbocycles. The Morgan fingerprint density at radius 2 is 2.03 bits per heavy atom. The van der Waals surface area contributed by atoms with Gasteiger partial charge in [-0.05, 0) is 42.9 Å². The summed E-state index contributed by atoms with van der Waals surface area (Å²) in [6, 6.07) is 10.9. The van der Waals surface area contributed by atoms with Gasteiger partial charge in [-0.2, -0.15) is 13.2 Å². The Morgan fingerprint density at radius 3 is 2.77 bits per heavy atom. The Morgan fingerprint density at radius 1 is 1.26 bits per heavy atom. The second-order valence-electron chi connectivity index (χ2n) is 8.54. The van der Waals surface area contributed by atoms with E-state index < -0.39 is 12.6 Å². The number of nitrogens with one attached hydrogen (secondary N) is 1. The molecule has 2 aromatic heterocycles. The molecule has 1 amide bonds. The van der Waals surface area contributed by atoms with Crippen LogP contribution in [0.4, 0.5) is 19.0 Å². The standard InChI is InChI=1S/C22H21F3N4OS.H2/c23-22(24,25)11-16-8-17-18(26-13-27-20(17)31-16)29-7-6-21(12-29)9-15(10-21)28-19(30)14-4-2-1-3-5-14;/h1-5,8,13,15H,6-7,9-12H2,(H,28,30);1H. The monoisotopic (exact) mass is 448 g/mol. The second kappa shape index (κ2) is 7.47. The highest BCUT2D eigenvalue weighted by atomic mass is 32.1. The first kappa shape index (κ1) is 20.2. The molecule has 164 valence electrons. The predicted molar refractivity (Wildman–Crippen MR) is 115 cm³/mol. The van der Waals surface area contributed by atoms with Gasteiger partial charge in [-0.3, -0.25) is 4.79 Å². The van der Waals surface area contributed by atoms with E-state index in [4.69, 9.17) is 0 Å². The van der Waals surface area contributed by atoms with Gasteiger partial charge in [0.05, 0.1) is 11.8 Å². The Bertz CT molecular complexity index is 1120. The number of aromatic nitrogens is 2. The summed E-state index contributed by atoms with van der Waals surface area (Å²) in [5, 5.41) is 3.80. The fraction of sp³-hybridized carbons (Fsp3) is 0.409. The van der Waals surface area contributed by atoms with Crippen molar-refractivity contribution in [3.05, 3.63) is 53.2 Å². The number of benzene rings is 1. The first-order valence-electron chi connectivity index (χ1n) is 10.2. The maximum absolute atomic E-state index is 12.8. The van der Waals surface area contributed by atoms with Crippen molar-refractivity contribution in [3.63, 3.8) is 0 Å². The summed E-state index contributed by atoms with van der Waals surface area (Å²) in [6.45, 7) is 1.59. The number of carbonyl (C=O) groups is 1. The summed E-state index contributed by atoms with van der Waals surface area (Å²) < 4.78 is 38.4. The van der Waals surface area contributed by atoms with Gasteiger partial charge in [0, 0.05) is 31.0 Å². The van der Waals surface area contributed by atoms with Crippen LogP contribution in [0.5, 0.6) is 0 Å². The van der Waals surface area contributed by atoms with Gasteiger partial charge in [-0.15, -0.1) is 11.3 Å². The largest absolute Gasteiger partial charge is 0.393 e. The predicted octanol–water partition coefficient (Wildman–Crippen LogP) is 4.83. The van der Waals surface area contributed by atoms with Crippen LogP contribution < -0.4 is 10.2 Å². The topological polar surface area (TPSA) is 58.1 Å². The van der Waals surface area contributed by atoms with Crippen molar-refractivity contribution in [2.24, 2.45) is 5.41 Å². The molecule has 1 spiro atoms. The van der Waals surface area contributed by atoms with Crippen molar-refractivity contribution in [2.45, 2.75) is 37.9 Å². The van der Waals surface area contributed by atoms with Crippen LogP contribution in [0.25, 0.3) is 10.2 Å². The van der Waals surface area contributed by atoms with Crippen LogP contribution in [0.1, 0.15) is 35.9 Å². The summed E-state index contributed by atoms with van der Waals surface area (Å²) in [5.41, 5.74) is 0.781. The average molecular weight is 449 g/mol. The number of thiophene rings is 1. The Balaban J connectivity index is 0.00000245. The highest BCUT2D eigenvalue weighted by Crippen LogP contribution is 2.49. The van der Waals surface area contributed by atoms with Gasteiger partial charge in [-0.1, -0.05) is 18.2 Å². The molecule has 2 fully saturated rings. The zero-order valence-corrected chi connectivity index (χ0v) is 17.5. The zero-order chi connectivity index (χ0) is 21.6. The molecule has 1 aliphatic carbocycles. The first-order valence-corrected chi connectivity index (χ1v) is 11.0. The minimum Gasteiger partial charge on any atom is -0.355 e. The smallest absolute Gasteiger partial charge is 0.355 e. The minimum absolute atomic E-state index is 0. The molecule has 31 heavy (non-hydrogen) atoms. The van der Waals surface area contributed by atoms with E-state index in [1.165, 1.54) is 6.33 Å². The number of fused-ring (bicyclic) bond motifs is 1. The molecule has 1 saturated carbocycles. The van der Waals surface area contributed by atoms with Crippen LogP contribution in [0, 0.1) is 5.41 Å². The van der Waals surface area contributed by atoms with Gasteiger partial charge in [0.15, 0.2) is 0 Å². The molecule has 0 atom stereocenters. The fourth-order valence-electron chi connectivity index (χ4n) is 4.82. The molecule has 5 nitrogen and oxygen atoms in total. The van der Waals surface area contributed by atoms with Gasteiger partial charge in [0.25, 0.3) is 5.91 Å². The summed E-state index contributed by atoms with van der Waals surface area (Å²) >= 11 is 1.08. The van der Waals surface area contributed by atoms with Crippen LogP contribution in [-0.2, 0) is 6.42 Å². The lowest BCUT2D eigenvalue weighted by atomic mass is 9.65. The highest BCUT2D eigenvalue weighted by molar-refractivity contribution is 7.18. The first-order chi connectivity index (χ1) is 14.8. The van der Waals surface area contributed by atoms with Gasteiger partial charge >= 0.3 is 6.18 Å². The van der Waals surface area contributed by atoms with Gasteiger partial charge in [-0.25, -0.2) is 9.97 Å². The number of hydrogen-bond acceptors (Lipinski definition) is 5. The number of alkyl halides is 3. The molecule has 0 bridgehead atoms. The number of amides is 1. The molecular formula is C22H23F3N4OS. The number of carbonyl (C=O) groups excluding carboxylic acids is 1. The van der Waals surface area contributed by atoms with Crippen molar-refractivity contribution in [1.29, 1.82) is 0 Å². The normalized spacial score (nSPS) is 23.3. The minimum atomic E-state index is -4.24. The molecule has 1 N–H and O–H groups in total. The SMILES string of the molecule is O=C(NC1CC2(CCN(c3ncnc4sc(CC(F)(F)F)cc34)C2)C1)c1ccccc1.[HH]. The van der Waals surface area contributed by atoms with Crippen molar-refractivity contribution < 1.29 is 19.4 Å². The second-order valence-corrected chi connectivity index (χ2v) is 9.65. The third-order valence-corrected chi connectivity index (χ3v) is 7.25. The van der Waals surface area contributed by atoms with Crippen LogP contribution in [-0.4, -0.2) is 41.2 Å². The van der Waals surface area contributed by atoms with Crippen molar-refractivity contribution >= 4 is 33.3 Å². The van der Waals surface area contributed by atoms with E-state index in [0.29, 0.717) is 21.6 Å². The number of hydrogen-bond donors (Lipinski definition) is 1. The quantitative estimate of drug-likeness (QED) is 0.621. The Kier molecular flexibility index (Phi) is 4.88. The van der Waals surface area contributed by atoms with Crippen molar-refractivity contribution in [1.82, 2.24) is 15.3 Å². The van der Waals surface area contributed by atoms with Crippen LogP contribution in [0.3, 0.4) is 0 Å². The van der Waals surface area contributed by atoms with Crippen LogP contribution in [0.2, 0.25) is 0 Å². The number of nitrogens with zero attached hydrogens (tertiary/aromatic N) is 3. The maximum atomic E-state index is 12.8. The fourth-order valence-corrected chi connectivity index (χ4v) is 5.85. The van der Waals surface area contributed by atoms with Crippen molar-refractivity contribution in [3.8, 4) is 0 Å².